The van der Waals surface area contributed by atoms with Crippen LogP contribution in [0.5, 0.6) is 0 Å². The van der Waals surface area contributed by atoms with Crippen LogP contribution in [0.15, 0.2) is 35.3 Å². The van der Waals surface area contributed by atoms with Gasteiger partial charge in [-0.15, -0.1) is 0 Å². The Kier molecular flexibility index (Phi) is 3.78. The first-order valence-electron chi connectivity index (χ1n) is 7.03. The van der Waals surface area contributed by atoms with Gasteiger partial charge in [-0.05, 0) is 32.0 Å². The highest BCUT2D eigenvalue weighted by atomic mass is 16.3. The molecule has 1 amide bonds. The second kappa shape index (κ2) is 5.88. The van der Waals surface area contributed by atoms with E-state index in [2.05, 4.69) is 25.6 Å². The number of hydrogen-bond donors (Lipinski definition) is 3. The van der Waals surface area contributed by atoms with Crippen LogP contribution in [0, 0.1) is 0 Å². The number of carbonyl (C=O) groups is 1. The van der Waals surface area contributed by atoms with Crippen molar-refractivity contribution >= 4 is 28.6 Å². The first-order chi connectivity index (χ1) is 10.6. The van der Waals surface area contributed by atoms with Gasteiger partial charge in [0.25, 0.3) is 0 Å². The summed E-state index contributed by atoms with van der Waals surface area (Å²) in [5.41, 5.74) is 3.02. The smallest absolute Gasteiger partial charge is 0.230 e. The molecule has 0 unspecified atom stereocenters. The van der Waals surface area contributed by atoms with Gasteiger partial charge in [-0.25, -0.2) is 9.97 Å². The molecule has 2 heterocycles. The number of nitrogens with zero attached hydrogens (tertiary/aromatic N) is 2. The van der Waals surface area contributed by atoms with Crippen LogP contribution in [0.3, 0.4) is 0 Å². The van der Waals surface area contributed by atoms with E-state index >= 15 is 0 Å². The van der Waals surface area contributed by atoms with E-state index in [0.29, 0.717) is 17.4 Å². The van der Waals surface area contributed by atoms with Gasteiger partial charge in [0, 0.05) is 11.7 Å². The largest absolute Gasteiger partial charge is 0.451 e. The van der Waals surface area contributed by atoms with Crippen molar-refractivity contribution in [2.45, 2.75) is 26.3 Å². The van der Waals surface area contributed by atoms with Gasteiger partial charge in [0.1, 0.15) is 6.26 Å². The van der Waals surface area contributed by atoms with E-state index in [-0.39, 0.29) is 12.3 Å². The zero-order chi connectivity index (χ0) is 15.5. The Labute approximate surface area is 127 Å². The van der Waals surface area contributed by atoms with Crippen LogP contribution >= 0.6 is 0 Å². The molecule has 3 aromatic rings. The standard InChI is InChI=1S/C15H17N5O2/c1-9(2)17-15-19-12-4-3-10(5-13(12)20-15)18-14(21)6-11-7-22-8-16-11/h3-5,7-9H,6H2,1-2H3,(H,18,21)(H2,17,19,20). The van der Waals surface area contributed by atoms with Crippen LogP contribution in [-0.2, 0) is 11.2 Å². The van der Waals surface area contributed by atoms with Crippen LogP contribution in [0.4, 0.5) is 11.6 Å². The molecule has 0 aliphatic rings. The van der Waals surface area contributed by atoms with Crippen LogP contribution in [0.25, 0.3) is 11.0 Å². The summed E-state index contributed by atoms with van der Waals surface area (Å²) in [6.45, 7) is 4.09. The molecule has 114 valence electrons. The number of aromatic amines is 1. The van der Waals surface area contributed by atoms with E-state index in [0.717, 1.165) is 17.0 Å². The quantitative estimate of drug-likeness (QED) is 0.673. The van der Waals surface area contributed by atoms with Crippen LogP contribution < -0.4 is 10.6 Å². The maximum absolute atomic E-state index is 11.9. The molecular weight excluding hydrogens is 282 g/mol. The average molecular weight is 299 g/mol. The molecule has 2 aromatic heterocycles. The van der Waals surface area contributed by atoms with E-state index in [1.807, 2.05) is 32.0 Å². The molecule has 0 fully saturated rings. The number of H-pyrrole nitrogens is 1. The van der Waals surface area contributed by atoms with Gasteiger partial charge >= 0.3 is 0 Å². The molecule has 0 radical (unpaired) electrons. The zero-order valence-electron chi connectivity index (χ0n) is 12.4. The monoisotopic (exact) mass is 299 g/mol. The lowest BCUT2D eigenvalue weighted by molar-refractivity contribution is -0.115. The Morgan fingerprint density at radius 3 is 3.00 bits per heavy atom. The second-order valence-corrected chi connectivity index (χ2v) is 5.32. The highest BCUT2D eigenvalue weighted by Gasteiger charge is 2.08. The van der Waals surface area contributed by atoms with Crippen molar-refractivity contribution in [2.75, 3.05) is 10.6 Å². The van der Waals surface area contributed by atoms with E-state index < -0.39 is 0 Å². The molecule has 0 bridgehead atoms. The topological polar surface area (TPSA) is 95.8 Å². The summed E-state index contributed by atoms with van der Waals surface area (Å²) in [4.78, 5) is 23.5. The number of fused-ring (bicyclic) bond motifs is 1. The van der Waals surface area contributed by atoms with Crippen molar-refractivity contribution in [2.24, 2.45) is 0 Å². The number of imidazole rings is 1. The highest BCUT2D eigenvalue weighted by molar-refractivity contribution is 5.94. The van der Waals surface area contributed by atoms with Crippen LogP contribution in [0.2, 0.25) is 0 Å². The molecular formula is C15H17N5O2. The van der Waals surface area contributed by atoms with Crippen molar-refractivity contribution in [3.05, 3.63) is 36.5 Å². The number of oxazole rings is 1. The number of carbonyl (C=O) groups excluding carboxylic acids is 1. The SMILES string of the molecule is CC(C)Nc1nc2ccc(NC(=O)Cc3cocn3)cc2[nH]1. The minimum absolute atomic E-state index is 0.145. The van der Waals surface area contributed by atoms with Gasteiger partial charge in [-0.1, -0.05) is 0 Å². The van der Waals surface area contributed by atoms with Gasteiger partial charge in [0.2, 0.25) is 11.9 Å². The lowest BCUT2D eigenvalue weighted by Crippen LogP contribution is -2.14. The highest BCUT2D eigenvalue weighted by Crippen LogP contribution is 2.19. The molecule has 7 heteroatoms. The van der Waals surface area contributed by atoms with Crippen molar-refractivity contribution in [1.82, 2.24) is 15.0 Å². The first kappa shape index (κ1) is 14.1. The number of amides is 1. The number of benzene rings is 1. The normalized spacial score (nSPS) is 11.0. The lowest BCUT2D eigenvalue weighted by atomic mass is 10.2. The Bertz CT molecular complexity index is 776. The number of hydrogen-bond acceptors (Lipinski definition) is 5. The number of nitrogens with one attached hydrogen (secondary N) is 3. The molecule has 0 saturated carbocycles. The molecule has 0 aliphatic heterocycles. The fraction of sp³-hybridized carbons (Fsp3) is 0.267. The molecule has 22 heavy (non-hydrogen) atoms. The molecule has 0 spiro atoms. The van der Waals surface area contributed by atoms with Gasteiger partial charge < -0.3 is 20.0 Å². The Balaban J connectivity index is 1.72. The van der Waals surface area contributed by atoms with E-state index in [1.165, 1.54) is 12.7 Å². The number of aromatic nitrogens is 3. The molecule has 0 aliphatic carbocycles. The minimum Gasteiger partial charge on any atom is -0.451 e. The summed E-state index contributed by atoms with van der Waals surface area (Å²) in [6.07, 6.45) is 2.95. The Morgan fingerprint density at radius 1 is 1.41 bits per heavy atom. The van der Waals surface area contributed by atoms with Crippen molar-refractivity contribution in [1.29, 1.82) is 0 Å². The lowest BCUT2D eigenvalue weighted by Gasteiger charge is -2.04. The fourth-order valence-corrected chi connectivity index (χ4v) is 2.12. The van der Waals surface area contributed by atoms with E-state index in [1.54, 1.807) is 0 Å². The molecule has 1 aromatic carbocycles. The molecule has 3 N–H and O–H groups in total. The molecule has 7 nitrogen and oxygen atoms in total. The predicted molar refractivity (Wildman–Crippen MR) is 83.7 cm³/mol. The second-order valence-electron chi connectivity index (χ2n) is 5.32. The predicted octanol–water partition coefficient (Wildman–Crippen LogP) is 2.55. The fourth-order valence-electron chi connectivity index (χ4n) is 2.12. The average Bonchev–Trinajstić information content (AvgIpc) is 3.06. The van der Waals surface area contributed by atoms with Gasteiger partial charge in [0.05, 0.1) is 23.1 Å². The van der Waals surface area contributed by atoms with Crippen molar-refractivity contribution in [3.63, 3.8) is 0 Å². The van der Waals surface area contributed by atoms with E-state index in [9.17, 15) is 4.79 Å². The summed E-state index contributed by atoms with van der Waals surface area (Å²) >= 11 is 0. The third-order valence-electron chi connectivity index (χ3n) is 3.02. The number of anilines is 2. The Hall–Kier alpha value is -2.83. The number of rotatable bonds is 5. The Morgan fingerprint density at radius 2 is 2.27 bits per heavy atom. The zero-order valence-corrected chi connectivity index (χ0v) is 12.4. The summed E-state index contributed by atoms with van der Waals surface area (Å²) in [5.74, 6) is 0.573. The summed E-state index contributed by atoms with van der Waals surface area (Å²) in [5, 5.41) is 6.05. The summed E-state index contributed by atoms with van der Waals surface area (Å²) < 4.78 is 4.85. The van der Waals surface area contributed by atoms with Crippen molar-refractivity contribution in [3.8, 4) is 0 Å². The third-order valence-corrected chi connectivity index (χ3v) is 3.02. The first-order valence-corrected chi connectivity index (χ1v) is 7.03. The van der Waals surface area contributed by atoms with Gasteiger partial charge in [-0.2, -0.15) is 0 Å². The summed E-state index contributed by atoms with van der Waals surface area (Å²) in [7, 11) is 0. The van der Waals surface area contributed by atoms with Crippen LogP contribution in [0.1, 0.15) is 19.5 Å². The van der Waals surface area contributed by atoms with Gasteiger partial charge in [-0.3, -0.25) is 4.79 Å². The van der Waals surface area contributed by atoms with Gasteiger partial charge in [0.15, 0.2) is 6.39 Å². The minimum atomic E-state index is -0.145. The summed E-state index contributed by atoms with van der Waals surface area (Å²) in [6, 6.07) is 5.84. The van der Waals surface area contributed by atoms with Crippen molar-refractivity contribution < 1.29 is 9.21 Å². The molecule has 0 saturated heterocycles. The maximum Gasteiger partial charge on any atom is 0.230 e. The van der Waals surface area contributed by atoms with Crippen LogP contribution in [-0.4, -0.2) is 26.9 Å². The molecule has 0 atom stereocenters. The van der Waals surface area contributed by atoms with E-state index in [4.69, 9.17) is 4.42 Å². The third kappa shape index (κ3) is 3.25. The maximum atomic E-state index is 11.9. The molecule has 3 rings (SSSR count).